The summed E-state index contributed by atoms with van der Waals surface area (Å²) in [6, 6.07) is 10.3. The van der Waals surface area contributed by atoms with E-state index in [4.69, 9.17) is 4.43 Å². The van der Waals surface area contributed by atoms with E-state index in [1.54, 1.807) is 0 Å². The minimum atomic E-state index is -1.82. The normalized spacial score (nSPS) is 11.9. The molecular formula is C19H27N3OSi. The SMILES string of the molecule is Cc1c(Nc2ccc(O[Si](C)(C)C(C)(C)C)cc2)cn(C)c1C#N. The molecule has 0 atom stereocenters. The first-order valence-corrected chi connectivity index (χ1v) is 11.1. The summed E-state index contributed by atoms with van der Waals surface area (Å²) < 4.78 is 8.14. The molecule has 0 amide bonds. The molecule has 0 aliphatic heterocycles. The van der Waals surface area contributed by atoms with E-state index in [0.29, 0.717) is 5.69 Å². The van der Waals surface area contributed by atoms with Crippen LogP contribution in [0.5, 0.6) is 5.75 Å². The Kier molecular flexibility index (Phi) is 4.81. The summed E-state index contributed by atoms with van der Waals surface area (Å²) >= 11 is 0. The fourth-order valence-electron chi connectivity index (χ4n) is 2.25. The maximum atomic E-state index is 9.18. The van der Waals surface area contributed by atoms with Gasteiger partial charge < -0.3 is 14.3 Å². The molecule has 0 aliphatic rings. The number of benzene rings is 1. The highest BCUT2D eigenvalue weighted by Gasteiger charge is 2.38. The number of aromatic nitrogens is 1. The van der Waals surface area contributed by atoms with Crippen molar-refractivity contribution < 1.29 is 4.43 Å². The first-order chi connectivity index (χ1) is 11.0. The molecule has 0 spiro atoms. The largest absolute Gasteiger partial charge is 0.544 e. The van der Waals surface area contributed by atoms with Gasteiger partial charge in [0, 0.05) is 24.5 Å². The van der Waals surface area contributed by atoms with Crippen LogP contribution in [0.4, 0.5) is 11.4 Å². The standard InChI is InChI=1S/C19H27N3OSi/c1-14-17(13-22(5)18(14)12-20)21-15-8-10-16(11-9-15)23-24(6,7)19(2,3)4/h8-11,13,21H,1-7H3. The molecule has 1 aromatic carbocycles. The fourth-order valence-corrected chi connectivity index (χ4v) is 3.28. The molecule has 2 rings (SSSR count). The first kappa shape index (κ1) is 18.1. The molecule has 0 saturated heterocycles. The maximum Gasteiger partial charge on any atom is 0.250 e. The Labute approximate surface area is 146 Å². The Bertz CT molecular complexity index is 762. The molecule has 0 aliphatic carbocycles. The molecular weight excluding hydrogens is 314 g/mol. The average molecular weight is 342 g/mol. The van der Waals surface area contributed by atoms with Gasteiger partial charge in [-0.2, -0.15) is 5.26 Å². The lowest BCUT2D eigenvalue weighted by atomic mass is 10.2. The smallest absolute Gasteiger partial charge is 0.250 e. The van der Waals surface area contributed by atoms with Gasteiger partial charge in [-0.15, -0.1) is 0 Å². The van der Waals surface area contributed by atoms with Gasteiger partial charge in [0.25, 0.3) is 0 Å². The van der Waals surface area contributed by atoms with Crippen molar-refractivity contribution in [3.05, 3.63) is 41.7 Å². The number of anilines is 2. The third-order valence-electron chi connectivity index (χ3n) is 4.85. The summed E-state index contributed by atoms with van der Waals surface area (Å²) in [5.41, 5.74) is 3.57. The quantitative estimate of drug-likeness (QED) is 0.764. The maximum absolute atomic E-state index is 9.18. The summed E-state index contributed by atoms with van der Waals surface area (Å²) in [6.45, 7) is 13.2. The molecule has 0 fully saturated rings. The van der Waals surface area contributed by atoms with Crippen LogP contribution < -0.4 is 9.74 Å². The summed E-state index contributed by atoms with van der Waals surface area (Å²) in [5.74, 6) is 0.912. The van der Waals surface area contributed by atoms with Gasteiger partial charge in [-0.1, -0.05) is 20.8 Å². The van der Waals surface area contributed by atoms with E-state index in [2.05, 4.69) is 45.3 Å². The van der Waals surface area contributed by atoms with Crippen molar-refractivity contribution in [2.75, 3.05) is 5.32 Å². The van der Waals surface area contributed by atoms with Gasteiger partial charge in [0.1, 0.15) is 17.5 Å². The molecule has 0 radical (unpaired) electrons. The van der Waals surface area contributed by atoms with E-state index in [-0.39, 0.29) is 5.04 Å². The minimum Gasteiger partial charge on any atom is -0.544 e. The number of nitriles is 1. The molecule has 24 heavy (non-hydrogen) atoms. The van der Waals surface area contributed by atoms with Gasteiger partial charge in [0.2, 0.25) is 8.32 Å². The molecule has 0 unspecified atom stereocenters. The topological polar surface area (TPSA) is 50.0 Å². The second-order valence-electron chi connectivity index (χ2n) is 7.75. The fraction of sp³-hybridized carbons (Fsp3) is 0.421. The third-order valence-corrected chi connectivity index (χ3v) is 9.21. The second kappa shape index (κ2) is 6.37. The van der Waals surface area contributed by atoms with Gasteiger partial charge in [-0.05, 0) is 49.3 Å². The number of hydrogen-bond acceptors (Lipinski definition) is 3. The Balaban J connectivity index is 2.15. The average Bonchev–Trinajstić information content (AvgIpc) is 2.73. The second-order valence-corrected chi connectivity index (χ2v) is 12.5. The van der Waals surface area contributed by atoms with Crippen LogP contribution in [0, 0.1) is 18.3 Å². The van der Waals surface area contributed by atoms with Crippen molar-refractivity contribution in [3.63, 3.8) is 0 Å². The van der Waals surface area contributed by atoms with Crippen molar-refractivity contribution >= 4 is 19.7 Å². The van der Waals surface area contributed by atoms with Gasteiger partial charge in [0.05, 0.1) is 5.69 Å². The zero-order valence-corrected chi connectivity index (χ0v) is 16.7. The molecule has 1 heterocycles. The van der Waals surface area contributed by atoms with Gasteiger partial charge in [0.15, 0.2) is 0 Å². The van der Waals surface area contributed by atoms with Gasteiger partial charge in [-0.3, -0.25) is 0 Å². The Hall–Kier alpha value is -2.19. The number of hydrogen-bond donors (Lipinski definition) is 1. The van der Waals surface area contributed by atoms with Crippen LogP contribution in [-0.4, -0.2) is 12.9 Å². The Morgan fingerprint density at radius 2 is 1.75 bits per heavy atom. The van der Waals surface area contributed by atoms with E-state index >= 15 is 0 Å². The Morgan fingerprint density at radius 1 is 1.17 bits per heavy atom. The van der Waals surface area contributed by atoms with E-state index in [1.807, 2.05) is 49.0 Å². The molecule has 5 heteroatoms. The third kappa shape index (κ3) is 3.65. The Morgan fingerprint density at radius 3 is 2.21 bits per heavy atom. The predicted octanol–water partition coefficient (Wildman–Crippen LogP) is 5.33. The number of rotatable bonds is 4. The monoisotopic (exact) mass is 341 g/mol. The number of nitrogens with one attached hydrogen (secondary N) is 1. The van der Waals surface area contributed by atoms with E-state index in [0.717, 1.165) is 22.7 Å². The lowest BCUT2D eigenvalue weighted by Crippen LogP contribution is -2.43. The van der Waals surface area contributed by atoms with Gasteiger partial charge >= 0.3 is 0 Å². The molecule has 1 aromatic heterocycles. The zero-order chi connectivity index (χ0) is 18.1. The van der Waals surface area contributed by atoms with Crippen molar-refractivity contribution in [3.8, 4) is 11.8 Å². The van der Waals surface area contributed by atoms with Gasteiger partial charge in [-0.25, -0.2) is 0 Å². The van der Waals surface area contributed by atoms with Crippen LogP contribution in [0.3, 0.4) is 0 Å². The zero-order valence-electron chi connectivity index (χ0n) is 15.7. The summed E-state index contributed by atoms with van der Waals surface area (Å²) in [7, 11) is 0.0668. The molecule has 2 aromatic rings. The predicted molar refractivity (Wildman–Crippen MR) is 102 cm³/mol. The summed E-state index contributed by atoms with van der Waals surface area (Å²) in [6.07, 6.45) is 1.94. The lowest BCUT2D eigenvalue weighted by Gasteiger charge is -2.36. The van der Waals surface area contributed by atoms with E-state index < -0.39 is 8.32 Å². The highest BCUT2D eigenvalue weighted by atomic mass is 28.4. The molecule has 0 bridgehead atoms. The van der Waals surface area contributed by atoms with Crippen molar-refractivity contribution in [2.24, 2.45) is 7.05 Å². The van der Waals surface area contributed by atoms with Crippen molar-refractivity contribution in [2.45, 2.75) is 45.8 Å². The van der Waals surface area contributed by atoms with Crippen LogP contribution in [0.15, 0.2) is 30.5 Å². The van der Waals surface area contributed by atoms with E-state index in [9.17, 15) is 5.26 Å². The highest BCUT2D eigenvalue weighted by Crippen LogP contribution is 2.37. The molecule has 1 N–H and O–H groups in total. The van der Waals surface area contributed by atoms with Crippen molar-refractivity contribution in [1.29, 1.82) is 5.26 Å². The van der Waals surface area contributed by atoms with E-state index in [1.165, 1.54) is 0 Å². The minimum absolute atomic E-state index is 0.179. The molecule has 128 valence electrons. The first-order valence-electron chi connectivity index (χ1n) is 8.17. The van der Waals surface area contributed by atoms with Crippen LogP contribution >= 0.6 is 0 Å². The lowest BCUT2D eigenvalue weighted by molar-refractivity contribution is 0.492. The number of nitrogens with zero attached hydrogens (tertiary/aromatic N) is 2. The van der Waals surface area contributed by atoms with Crippen LogP contribution in [0.2, 0.25) is 18.1 Å². The summed E-state index contributed by atoms with van der Waals surface area (Å²) in [4.78, 5) is 0. The molecule has 0 saturated carbocycles. The van der Waals surface area contributed by atoms with Crippen LogP contribution in [-0.2, 0) is 7.05 Å². The van der Waals surface area contributed by atoms with Crippen LogP contribution in [0.25, 0.3) is 0 Å². The summed E-state index contributed by atoms with van der Waals surface area (Å²) in [5, 5.41) is 12.7. The highest BCUT2D eigenvalue weighted by molar-refractivity contribution is 6.74. The van der Waals surface area contributed by atoms with Crippen LogP contribution in [0.1, 0.15) is 32.0 Å². The number of aryl methyl sites for hydroxylation is 1. The molecule has 4 nitrogen and oxygen atoms in total. The van der Waals surface area contributed by atoms with Crippen molar-refractivity contribution in [1.82, 2.24) is 4.57 Å².